The second kappa shape index (κ2) is 4.49. The molecule has 102 valence electrons. The summed E-state index contributed by atoms with van der Waals surface area (Å²) in [5.74, 6) is -0.150. The van der Waals surface area contributed by atoms with Crippen LogP contribution in [0.5, 0.6) is 0 Å². The Kier molecular flexibility index (Phi) is 3.13. The van der Waals surface area contributed by atoms with Gasteiger partial charge in [-0.3, -0.25) is 0 Å². The van der Waals surface area contributed by atoms with E-state index in [0.717, 1.165) is 0 Å². The highest BCUT2D eigenvalue weighted by molar-refractivity contribution is 5.88. The summed E-state index contributed by atoms with van der Waals surface area (Å²) in [6, 6.07) is 1.68. The van der Waals surface area contributed by atoms with Crippen LogP contribution >= 0.6 is 0 Å². The molecule has 19 heavy (non-hydrogen) atoms. The number of rotatable bonds is 2. The number of hydrogen-bond donors (Lipinski definition) is 0. The molecule has 0 bridgehead atoms. The zero-order chi connectivity index (χ0) is 14.2. The topological polar surface area (TPSA) is 83.0 Å². The summed E-state index contributed by atoms with van der Waals surface area (Å²) in [6.07, 6.45) is 0. The molecule has 0 fully saturated rings. The highest BCUT2D eigenvalue weighted by Gasteiger charge is 2.24. The molecule has 2 heterocycles. The minimum Gasteiger partial charge on any atom is -0.455 e. The predicted octanol–water partition coefficient (Wildman–Crippen LogP) is 1.83. The molecule has 0 spiro atoms. The van der Waals surface area contributed by atoms with Gasteiger partial charge in [0.1, 0.15) is 5.60 Å². The van der Waals surface area contributed by atoms with E-state index in [-0.39, 0.29) is 5.69 Å². The van der Waals surface area contributed by atoms with Crippen LogP contribution in [0, 0.1) is 13.8 Å². The molecule has 0 aliphatic carbocycles. The first-order valence-corrected chi connectivity index (χ1v) is 5.87. The number of hydrogen-bond acceptors (Lipinski definition) is 6. The fourth-order valence-electron chi connectivity index (χ4n) is 1.44. The van der Waals surface area contributed by atoms with Crippen molar-refractivity contribution < 1.29 is 14.1 Å². The summed E-state index contributed by atoms with van der Waals surface area (Å²) in [6.45, 7) is 8.86. The number of esters is 1. The van der Waals surface area contributed by atoms with Crippen LogP contribution in [0.25, 0.3) is 5.88 Å². The van der Waals surface area contributed by atoms with Gasteiger partial charge in [-0.25, -0.2) is 4.79 Å². The molecule has 0 atom stereocenters. The third-order valence-corrected chi connectivity index (χ3v) is 2.19. The van der Waals surface area contributed by atoms with Gasteiger partial charge >= 0.3 is 5.97 Å². The van der Waals surface area contributed by atoms with Gasteiger partial charge in [-0.2, -0.15) is 0 Å². The SMILES string of the molecule is Cc1cc(-n2nc(C)c(C(=O)OC(C)(C)C)n2)on1. The lowest BCUT2D eigenvalue weighted by Crippen LogP contribution is -2.24. The number of carbonyl (C=O) groups excluding carboxylic acids is 1. The van der Waals surface area contributed by atoms with Crippen molar-refractivity contribution in [2.75, 3.05) is 0 Å². The highest BCUT2D eigenvalue weighted by Crippen LogP contribution is 2.14. The van der Waals surface area contributed by atoms with Gasteiger partial charge in [-0.1, -0.05) is 5.16 Å². The van der Waals surface area contributed by atoms with Crippen molar-refractivity contribution in [2.24, 2.45) is 0 Å². The normalized spacial score (nSPS) is 11.6. The van der Waals surface area contributed by atoms with Gasteiger partial charge < -0.3 is 9.26 Å². The van der Waals surface area contributed by atoms with Gasteiger partial charge in [-0.05, 0) is 34.6 Å². The summed E-state index contributed by atoms with van der Waals surface area (Å²) in [7, 11) is 0. The zero-order valence-corrected chi connectivity index (χ0v) is 11.6. The van der Waals surface area contributed by atoms with Crippen molar-refractivity contribution in [3.8, 4) is 5.88 Å². The van der Waals surface area contributed by atoms with Crippen molar-refractivity contribution >= 4 is 5.97 Å². The van der Waals surface area contributed by atoms with E-state index >= 15 is 0 Å². The van der Waals surface area contributed by atoms with Crippen molar-refractivity contribution in [1.82, 2.24) is 20.2 Å². The van der Waals surface area contributed by atoms with Crippen molar-refractivity contribution in [2.45, 2.75) is 40.2 Å². The average Bonchev–Trinajstić information content (AvgIpc) is 2.82. The van der Waals surface area contributed by atoms with Crippen LogP contribution in [-0.2, 0) is 4.74 Å². The van der Waals surface area contributed by atoms with Gasteiger partial charge in [-0.15, -0.1) is 15.0 Å². The van der Waals surface area contributed by atoms with Gasteiger partial charge in [0, 0.05) is 6.07 Å². The van der Waals surface area contributed by atoms with E-state index in [1.165, 1.54) is 4.80 Å². The lowest BCUT2D eigenvalue weighted by Gasteiger charge is -2.18. The molecule has 7 heteroatoms. The molecule has 0 radical (unpaired) electrons. The summed E-state index contributed by atoms with van der Waals surface area (Å²) in [5.41, 5.74) is 0.784. The Bertz CT molecular complexity index is 607. The zero-order valence-electron chi connectivity index (χ0n) is 11.6. The van der Waals surface area contributed by atoms with Gasteiger partial charge in [0.05, 0.1) is 11.4 Å². The minimum atomic E-state index is -0.573. The standard InChI is InChI=1S/C12H16N4O3/c1-7-6-9(19-15-7)16-13-8(2)10(14-16)11(17)18-12(3,4)5/h6H,1-5H3. The molecule has 0 unspecified atom stereocenters. The highest BCUT2D eigenvalue weighted by atomic mass is 16.6. The number of aryl methyl sites for hydroxylation is 2. The largest absolute Gasteiger partial charge is 0.455 e. The van der Waals surface area contributed by atoms with Crippen LogP contribution in [0.1, 0.15) is 42.6 Å². The molecule has 0 aliphatic heterocycles. The van der Waals surface area contributed by atoms with Crippen LogP contribution in [-0.4, -0.2) is 31.7 Å². The van der Waals surface area contributed by atoms with E-state index in [1.807, 2.05) is 0 Å². The van der Waals surface area contributed by atoms with Gasteiger partial charge in [0.2, 0.25) is 0 Å². The number of ether oxygens (including phenoxy) is 1. The van der Waals surface area contributed by atoms with E-state index in [9.17, 15) is 4.79 Å². The molecular weight excluding hydrogens is 248 g/mol. The fourth-order valence-corrected chi connectivity index (χ4v) is 1.44. The third-order valence-electron chi connectivity index (χ3n) is 2.19. The maximum atomic E-state index is 11.9. The molecule has 2 aromatic rings. The Balaban J connectivity index is 2.29. The third kappa shape index (κ3) is 2.98. The Morgan fingerprint density at radius 1 is 1.32 bits per heavy atom. The van der Waals surface area contributed by atoms with Crippen molar-refractivity contribution in [3.63, 3.8) is 0 Å². The molecule has 0 aromatic carbocycles. The first-order chi connectivity index (χ1) is 8.76. The van der Waals surface area contributed by atoms with Gasteiger partial charge in [0.25, 0.3) is 5.88 Å². The van der Waals surface area contributed by atoms with Crippen LogP contribution in [0.2, 0.25) is 0 Å². The van der Waals surface area contributed by atoms with Crippen LogP contribution < -0.4 is 0 Å². The lowest BCUT2D eigenvalue weighted by atomic mass is 10.2. The summed E-state index contributed by atoms with van der Waals surface area (Å²) in [5, 5.41) is 11.9. The smallest absolute Gasteiger partial charge is 0.361 e. The van der Waals surface area contributed by atoms with E-state index < -0.39 is 11.6 Å². The minimum absolute atomic E-state index is 0.170. The summed E-state index contributed by atoms with van der Waals surface area (Å²) < 4.78 is 10.3. The molecule has 2 aromatic heterocycles. The summed E-state index contributed by atoms with van der Waals surface area (Å²) >= 11 is 0. The molecule has 0 aliphatic rings. The molecule has 0 N–H and O–H groups in total. The van der Waals surface area contributed by atoms with Crippen LogP contribution in [0.4, 0.5) is 0 Å². The Labute approximate surface area is 110 Å². The van der Waals surface area contributed by atoms with E-state index in [1.54, 1.807) is 40.7 Å². The van der Waals surface area contributed by atoms with Crippen molar-refractivity contribution in [3.05, 3.63) is 23.1 Å². The maximum Gasteiger partial charge on any atom is 0.361 e. The second-order valence-electron chi connectivity index (χ2n) is 5.23. The van der Waals surface area contributed by atoms with E-state index in [4.69, 9.17) is 9.26 Å². The number of carbonyl (C=O) groups is 1. The quantitative estimate of drug-likeness (QED) is 0.769. The van der Waals surface area contributed by atoms with E-state index in [2.05, 4.69) is 15.4 Å². The first-order valence-electron chi connectivity index (χ1n) is 5.87. The van der Waals surface area contributed by atoms with Crippen LogP contribution in [0.3, 0.4) is 0 Å². The molecule has 7 nitrogen and oxygen atoms in total. The Hall–Kier alpha value is -2.18. The monoisotopic (exact) mass is 264 g/mol. The molecule has 2 rings (SSSR count). The molecule has 0 amide bonds. The average molecular weight is 264 g/mol. The predicted molar refractivity (Wildman–Crippen MR) is 66.1 cm³/mol. The summed E-state index contributed by atoms with van der Waals surface area (Å²) in [4.78, 5) is 13.2. The van der Waals surface area contributed by atoms with E-state index in [0.29, 0.717) is 17.3 Å². The first kappa shape index (κ1) is 13.3. The number of nitrogens with zero attached hydrogens (tertiary/aromatic N) is 4. The Morgan fingerprint density at radius 2 is 2.00 bits per heavy atom. The maximum absolute atomic E-state index is 11.9. The molecular formula is C12H16N4O3. The molecule has 0 saturated carbocycles. The molecule has 0 saturated heterocycles. The number of aromatic nitrogens is 4. The van der Waals surface area contributed by atoms with Crippen molar-refractivity contribution in [1.29, 1.82) is 0 Å². The Morgan fingerprint density at radius 3 is 2.53 bits per heavy atom. The fraction of sp³-hybridized carbons (Fsp3) is 0.500. The van der Waals surface area contributed by atoms with Gasteiger partial charge in [0.15, 0.2) is 5.69 Å². The van der Waals surface area contributed by atoms with Crippen LogP contribution in [0.15, 0.2) is 10.6 Å². The second-order valence-corrected chi connectivity index (χ2v) is 5.23. The lowest BCUT2D eigenvalue weighted by molar-refractivity contribution is 0.00615.